The molecule has 5 heteroatoms. The minimum atomic E-state index is -0.174. The number of hydrogen-bond acceptors (Lipinski definition) is 2. The Hall–Kier alpha value is -3.44. The molecule has 0 N–H and O–H groups in total. The van der Waals surface area contributed by atoms with Gasteiger partial charge in [0.1, 0.15) is 11.6 Å². The molecule has 1 aliphatic carbocycles. The fraction of sp³-hybridized carbons (Fsp3) is 0.344. The van der Waals surface area contributed by atoms with E-state index < -0.39 is 0 Å². The van der Waals surface area contributed by atoms with E-state index >= 15 is 0 Å². The molecule has 5 aromatic rings. The molecule has 7 rings (SSSR count). The quantitative estimate of drug-likeness (QED) is 0.252. The van der Waals surface area contributed by atoms with E-state index in [1.54, 1.807) is 6.07 Å². The third-order valence-electron chi connectivity index (χ3n) is 8.40. The highest BCUT2D eigenvalue weighted by Gasteiger charge is 2.29. The lowest BCUT2D eigenvalue weighted by Crippen LogP contribution is -2.33. The molecule has 3 heterocycles. The summed E-state index contributed by atoms with van der Waals surface area (Å²) in [6, 6.07) is 22.3. The number of aryl methyl sites for hydroxylation is 1. The van der Waals surface area contributed by atoms with Crippen LogP contribution < -0.4 is 0 Å². The van der Waals surface area contributed by atoms with Crippen molar-refractivity contribution in [3.05, 3.63) is 90.1 Å². The zero-order valence-electron chi connectivity index (χ0n) is 21.4. The SMILES string of the molecule is Cn1cc(-c2ccccc2F)c2ccc(CN3CCC(c4nc5ccccc5n4CC4CC4)CC3)cc21. The average molecular weight is 493 g/mol. The van der Waals surface area contributed by atoms with Gasteiger partial charge in [0, 0.05) is 54.3 Å². The Bertz CT molecular complexity index is 1580. The van der Waals surface area contributed by atoms with E-state index in [9.17, 15) is 4.39 Å². The van der Waals surface area contributed by atoms with Gasteiger partial charge in [-0.05, 0) is 74.5 Å². The normalized spacial score (nSPS) is 17.2. The van der Waals surface area contributed by atoms with Crippen molar-refractivity contribution in [2.75, 3.05) is 13.1 Å². The summed E-state index contributed by atoms with van der Waals surface area (Å²) in [5, 5.41) is 1.10. The minimum absolute atomic E-state index is 0.174. The molecule has 1 aliphatic heterocycles. The largest absolute Gasteiger partial charge is 0.350 e. The summed E-state index contributed by atoms with van der Waals surface area (Å²) in [6.07, 6.45) is 7.07. The van der Waals surface area contributed by atoms with E-state index in [1.807, 2.05) is 18.3 Å². The molecule has 2 aliphatic rings. The molecule has 0 atom stereocenters. The van der Waals surface area contributed by atoms with Gasteiger partial charge < -0.3 is 9.13 Å². The number of aromatic nitrogens is 3. The number of halogens is 1. The monoisotopic (exact) mass is 492 g/mol. The third kappa shape index (κ3) is 4.25. The fourth-order valence-electron chi connectivity index (χ4n) is 6.19. The number of nitrogens with zero attached hydrogens (tertiary/aromatic N) is 4. The highest BCUT2D eigenvalue weighted by molar-refractivity contribution is 5.96. The van der Waals surface area contributed by atoms with Crippen LogP contribution in [0.3, 0.4) is 0 Å². The summed E-state index contributed by atoms with van der Waals surface area (Å²) in [5.74, 6) is 2.50. The minimum Gasteiger partial charge on any atom is -0.350 e. The van der Waals surface area contributed by atoms with E-state index in [0.717, 1.165) is 66.9 Å². The lowest BCUT2D eigenvalue weighted by atomic mass is 9.95. The first kappa shape index (κ1) is 22.7. The molecule has 0 radical (unpaired) electrons. The lowest BCUT2D eigenvalue weighted by Gasteiger charge is -2.32. The number of rotatable bonds is 6. The molecule has 0 bridgehead atoms. The maximum Gasteiger partial charge on any atom is 0.131 e. The van der Waals surface area contributed by atoms with Gasteiger partial charge in [-0.3, -0.25) is 4.90 Å². The van der Waals surface area contributed by atoms with E-state index in [-0.39, 0.29) is 5.82 Å². The van der Waals surface area contributed by atoms with E-state index in [0.29, 0.717) is 11.5 Å². The second-order valence-electron chi connectivity index (χ2n) is 11.0. The van der Waals surface area contributed by atoms with Gasteiger partial charge in [-0.15, -0.1) is 0 Å². The van der Waals surface area contributed by atoms with Crippen molar-refractivity contribution in [2.24, 2.45) is 13.0 Å². The molecule has 4 nitrogen and oxygen atoms in total. The highest BCUT2D eigenvalue weighted by Crippen LogP contribution is 2.37. The van der Waals surface area contributed by atoms with Crippen LogP contribution in [0.2, 0.25) is 0 Å². The van der Waals surface area contributed by atoms with Gasteiger partial charge >= 0.3 is 0 Å². The summed E-state index contributed by atoms with van der Waals surface area (Å²) >= 11 is 0. The highest BCUT2D eigenvalue weighted by atomic mass is 19.1. The Morgan fingerprint density at radius 3 is 2.46 bits per heavy atom. The van der Waals surface area contributed by atoms with E-state index in [2.05, 4.69) is 63.5 Å². The van der Waals surface area contributed by atoms with Gasteiger partial charge in [0.25, 0.3) is 0 Å². The fourth-order valence-corrected chi connectivity index (χ4v) is 6.19. The second-order valence-corrected chi connectivity index (χ2v) is 11.0. The number of imidazole rings is 1. The molecular formula is C32H33FN4. The van der Waals surface area contributed by atoms with Crippen LogP contribution in [0.5, 0.6) is 0 Å². The molecule has 1 saturated carbocycles. The van der Waals surface area contributed by atoms with Gasteiger partial charge in [0.15, 0.2) is 0 Å². The van der Waals surface area contributed by atoms with Crippen LogP contribution in [0.15, 0.2) is 72.9 Å². The Kier molecular flexibility index (Phi) is 5.62. The molecule has 0 unspecified atom stereocenters. The molecule has 3 aromatic carbocycles. The van der Waals surface area contributed by atoms with Crippen molar-refractivity contribution < 1.29 is 4.39 Å². The number of piperidine rings is 1. The molecule has 2 fully saturated rings. The average Bonchev–Trinajstić information content (AvgIpc) is 3.59. The number of para-hydroxylation sites is 2. The van der Waals surface area contributed by atoms with Crippen LogP contribution >= 0.6 is 0 Å². The van der Waals surface area contributed by atoms with Crippen molar-refractivity contribution >= 4 is 21.9 Å². The van der Waals surface area contributed by atoms with Crippen LogP contribution in [0.25, 0.3) is 33.1 Å². The van der Waals surface area contributed by atoms with Crippen molar-refractivity contribution in [1.29, 1.82) is 0 Å². The predicted molar refractivity (Wildman–Crippen MR) is 148 cm³/mol. The Balaban J connectivity index is 1.08. The van der Waals surface area contributed by atoms with Crippen LogP contribution in [-0.2, 0) is 20.1 Å². The van der Waals surface area contributed by atoms with Gasteiger partial charge in [-0.2, -0.15) is 0 Å². The first-order valence-corrected chi connectivity index (χ1v) is 13.6. The summed E-state index contributed by atoms with van der Waals surface area (Å²) in [6.45, 7) is 4.24. The van der Waals surface area contributed by atoms with Crippen LogP contribution in [-0.4, -0.2) is 32.1 Å². The molecule has 2 aromatic heterocycles. The Morgan fingerprint density at radius 1 is 0.865 bits per heavy atom. The van der Waals surface area contributed by atoms with Crippen molar-refractivity contribution in [3.63, 3.8) is 0 Å². The van der Waals surface area contributed by atoms with Crippen LogP contribution in [0, 0.1) is 11.7 Å². The van der Waals surface area contributed by atoms with Crippen molar-refractivity contribution in [3.8, 4) is 11.1 Å². The number of hydrogen-bond donors (Lipinski definition) is 0. The molecule has 0 spiro atoms. The zero-order chi connectivity index (χ0) is 24.9. The predicted octanol–water partition coefficient (Wildman–Crippen LogP) is 7.12. The van der Waals surface area contributed by atoms with Crippen LogP contribution in [0.4, 0.5) is 4.39 Å². The molecule has 188 valence electrons. The zero-order valence-corrected chi connectivity index (χ0v) is 21.4. The standard InChI is InChI=1S/C32H33FN4/c1-35-21-27(25-6-2-3-7-28(25)33)26-13-12-23(18-31(26)35)19-36-16-14-24(15-17-36)32-34-29-8-4-5-9-30(29)37(32)20-22-10-11-22/h2-9,12-13,18,21-22,24H,10-11,14-17,19-20H2,1H3. The third-order valence-corrected chi connectivity index (χ3v) is 8.40. The molecule has 1 saturated heterocycles. The number of fused-ring (bicyclic) bond motifs is 2. The van der Waals surface area contributed by atoms with Crippen molar-refractivity contribution in [2.45, 2.75) is 44.7 Å². The van der Waals surface area contributed by atoms with Gasteiger partial charge in [-0.1, -0.05) is 42.5 Å². The first-order chi connectivity index (χ1) is 18.1. The number of likely N-dealkylation sites (tertiary alicyclic amines) is 1. The summed E-state index contributed by atoms with van der Waals surface area (Å²) in [5.41, 5.74) is 6.53. The molecular weight excluding hydrogens is 459 g/mol. The topological polar surface area (TPSA) is 26.0 Å². The Morgan fingerprint density at radius 2 is 1.65 bits per heavy atom. The van der Waals surface area contributed by atoms with Gasteiger partial charge in [0.05, 0.1) is 11.0 Å². The van der Waals surface area contributed by atoms with Gasteiger partial charge in [0.2, 0.25) is 0 Å². The summed E-state index contributed by atoms with van der Waals surface area (Å²) < 4.78 is 19.1. The van der Waals surface area contributed by atoms with E-state index in [1.165, 1.54) is 35.8 Å². The molecule has 37 heavy (non-hydrogen) atoms. The maximum absolute atomic E-state index is 14.5. The first-order valence-electron chi connectivity index (χ1n) is 13.6. The Labute approximate surface area is 217 Å². The summed E-state index contributed by atoms with van der Waals surface area (Å²) in [4.78, 5) is 7.69. The molecule has 0 amide bonds. The van der Waals surface area contributed by atoms with Crippen LogP contribution in [0.1, 0.15) is 43.0 Å². The van der Waals surface area contributed by atoms with Crippen molar-refractivity contribution in [1.82, 2.24) is 19.0 Å². The maximum atomic E-state index is 14.5. The lowest BCUT2D eigenvalue weighted by molar-refractivity contribution is 0.200. The van der Waals surface area contributed by atoms with Gasteiger partial charge in [-0.25, -0.2) is 9.37 Å². The second kappa shape index (κ2) is 9.14. The van der Waals surface area contributed by atoms with E-state index in [4.69, 9.17) is 4.98 Å². The smallest absolute Gasteiger partial charge is 0.131 e. The summed E-state index contributed by atoms with van der Waals surface area (Å²) in [7, 11) is 2.05. The number of benzene rings is 3.